The van der Waals surface area contributed by atoms with Gasteiger partial charge in [-0.05, 0) is 19.3 Å². The molecule has 0 amide bonds. The van der Waals surface area contributed by atoms with E-state index in [1.165, 1.54) is 0 Å². The van der Waals surface area contributed by atoms with E-state index in [9.17, 15) is 4.79 Å². The smallest absolute Gasteiger partial charge is 0.149 e. The van der Waals surface area contributed by atoms with Gasteiger partial charge < -0.3 is 0 Å². The van der Waals surface area contributed by atoms with Gasteiger partial charge in [0.1, 0.15) is 6.29 Å². The standard InChI is InChI=1S/C10H16O/c1-4-10(8-11)7-5-6-9(2)3/h4-5,7-9H,6H2,1-3H3/b7-5-,10-4-. The Balaban J connectivity index is 3.81. The van der Waals surface area contributed by atoms with Crippen LogP contribution in [0.1, 0.15) is 27.2 Å². The summed E-state index contributed by atoms with van der Waals surface area (Å²) in [5, 5.41) is 0. The molecule has 11 heavy (non-hydrogen) atoms. The van der Waals surface area contributed by atoms with Gasteiger partial charge in [-0.25, -0.2) is 0 Å². The Kier molecular flexibility index (Phi) is 5.44. The van der Waals surface area contributed by atoms with E-state index in [0.717, 1.165) is 18.3 Å². The molecule has 0 aromatic carbocycles. The molecule has 0 bridgehead atoms. The second-order valence-corrected chi connectivity index (χ2v) is 2.94. The number of hydrogen-bond donors (Lipinski definition) is 0. The molecule has 0 fully saturated rings. The van der Waals surface area contributed by atoms with Crippen LogP contribution < -0.4 is 0 Å². The van der Waals surface area contributed by atoms with Crippen molar-refractivity contribution in [1.29, 1.82) is 0 Å². The van der Waals surface area contributed by atoms with Crippen LogP contribution in [0, 0.1) is 5.92 Å². The fraction of sp³-hybridized carbons (Fsp3) is 0.500. The van der Waals surface area contributed by atoms with Crippen LogP contribution in [0.25, 0.3) is 0 Å². The molecule has 1 heteroatoms. The third-order valence-corrected chi connectivity index (χ3v) is 1.39. The Labute approximate surface area is 68.8 Å². The maximum atomic E-state index is 10.3. The molecule has 62 valence electrons. The minimum Gasteiger partial charge on any atom is -0.298 e. The highest BCUT2D eigenvalue weighted by atomic mass is 16.1. The third kappa shape index (κ3) is 5.59. The van der Waals surface area contributed by atoms with Gasteiger partial charge >= 0.3 is 0 Å². The van der Waals surface area contributed by atoms with Crippen molar-refractivity contribution in [3.8, 4) is 0 Å². The zero-order valence-corrected chi connectivity index (χ0v) is 7.50. The van der Waals surface area contributed by atoms with E-state index in [0.29, 0.717) is 5.92 Å². The molecule has 0 spiro atoms. The molecule has 0 saturated carbocycles. The second-order valence-electron chi connectivity index (χ2n) is 2.94. The molecular formula is C10H16O. The molecule has 0 aromatic rings. The zero-order chi connectivity index (χ0) is 8.69. The lowest BCUT2D eigenvalue weighted by molar-refractivity contribution is -0.104. The SMILES string of the molecule is C/C=C(C=O)/C=C\CC(C)C. The van der Waals surface area contributed by atoms with Gasteiger partial charge in [0.25, 0.3) is 0 Å². The lowest BCUT2D eigenvalue weighted by atomic mass is 10.1. The van der Waals surface area contributed by atoms with Gasteiger partial charge in [0, 0.05) is 5.57 Å². The number of allylic oxidation sites excluding steroid dienone is 4. The normalized spacial score (nSPS) is 12.9. The van der Waals surface area contributed by atoms with E-state index in [2.05, 4.69) is 13.8 Å². The first-order valence-corrected chi connectivity index (χ1v) is 3.98. The van der Waals surface area contributed by atoms with Crippen molar-refractivity contribution in [3.05, 3.63) is 23.8 Å². The average molecular weight is 152 g/mol. The molecule has 0 aliphatic rings. The second kappa shape index (κ2) is 5.90. The van der Waals surface area contributed by atoms with Crippen LogP contribution in [-0.4, -0.2) is 6.29 Å². The molecule has 0 radical (unpaired) electrons. The number of carbonyl (C=O) groups excluding carboxylic acids is 1. The first-order valence-electron chi connectivity index (χ1n) is 3.98. The quantitative estimate of drug-likeness (QED) is 0.344. The fourth-order valence-electron chi connectivity index (χ4n) is 0.680. The monoisotopic (exact) mass is 152 g/mol. The summed E-state index contributed by atoms with van der Waals surface area (Å²) < 4.78 is 0. The van der Waals surface area contributed by atoms with Crippen LogP contribution in [0.15, 0.2) is 23.8 Å². The maximum Gasteiger partial charge on any atom is 0.149 e. The van der Waals surface area contributed by atoms with Gasteiger partial charge in [0.05, 0.1) is 0 Å². The van der Waals surface area contributed by atoms with Crippen molar-refractivity contribution in [2.24, 2.45) is 5.92 Å². The molecule has 0 aliphatic heterocycles. The predicted molar refractivity (Wildman–Crippen MR) is 48.4 cm³/mol. The van der Waals surface area contributed by atoms with E-state index in [1.807, 2.05) is 25.2 Å². The van der Waals surface area contributed by atoms with Crippen molar-refractivity contribution >= 4 is 6.29 Å². The average Bonchev–Trinajstić information content (AvgIpc) is 1.98. The molecule has 0 heterocycles. The van der Waals surface area contributed by atoms with Gasteiger partial charge in [-0.3, -0.25) is 4.79 Å². The summed E-state index contributed by atoms with van der Waals surface area (Å²) in [6.07, 6.45) is 7.62. The first kappa shape index (κ1) is 10.2. The lowest BCUT2D eigenvalue weighted by Crippen LogP contribution is -1.83. The van der Waals surface area contributed by atoms with Gasteiger partial charge in [-0.2, -0.15) is 0 Å². The van der Waals surface area contributed by atoms with Gasteiger partial charge in [0.15, 0.2) is 0 Å². The molecule has 0 unspecified atom stereocenters. The highest BCUT2D eigenvalue weighted by Crippen LogP contribution is 2.01. The van der Waals surface area contributed by atoms with Crippen molar-refractivity contribution in [2.75, 3.05) is 0 Å². The zero-order valence-electron chi connectivity index (χ0n) is 7.50. The summed E-state index contributed by atoms with van der Waals surface area (Å²) >= 11 is 0. The number of rotatable bonds is 4. The van der Waals surface area contributed by atoms with Crippen LogP contribution >= 0.6 is 0 Å². The third-order valence-electron chi connectivity index (χ3n) is 1.39. The predicted octanol–water partition coefficient (Wildman–Crippen LogP) is 2.73. The van der Waals surface area contributed by atoms with Gasteiger partial charge in [-0.15, -0.1) is 0 Å². The van der Waals surface area contributed by atoms with E-state index in [4.69, 9.17) is 0 Å². The van der Waals surface area contributed by atoms with Gasteiger partial charge in [-0.1, -0.05) is 32.1 Å². The molecule has 0 aromatic heterocycles. The summed E-state index contributed by atoms with van der Waals surface area (Å²) in [5.74, 6) is 0.663. The minimum absolute atomic E-state index is 0.663. The summed E-state index contributed by atoms with van der Waals surface area (Å²) in [6, 6.07) is 0. The number of carbonyl (C=O) groups is 1. The van der Waals surface area contributed by atoms with Crippen LogP contribution in [-0.2, 0) is 4.79 Å². The molecular weight excluding hydrogens is 136 g/mol. The Morgan fingerprint density at radius 2 is 2.09 bits per heavy atom. The fourth-order valence-corrected chi connectivity index (χ4v) is 0.680. The van der Waals surface area contributed by atoms with E-state index < -0.39 is 0 Å². The molecule has 0 atom stereocenters. The van der Waals surface area contributed by atoms with Crippen LogP contribution in [0.5, 0.6) is 0 Å². The Bertz CT molecular complexity index is 164. The van der Waals surface area contributed by atoms with E-state index in [1.54, 1.807) is 0 Å². The molecule has 0 aliphatic carbocycles. The number of aldehydes is 1. The van der Waals surface area contributed by atoms with Crippen LogP contribution in [0.4, 0.5) is 0 Å². The van der Waals surface area contributed by atoms with Crippen LogP contribution in [0.3, 0.4) is 0 Å². The van der Waals surface area contributed by atoms with E-state index in [-0.39, 0.29) is 0 Å². The van der Waals surface area contributed by atoms with E-state index >= 15 is 0 Å². The van der Waals surface area contributed by atoms with Crippen LogP contribution in [0.2, 0.25) is 0 Å². The molecule has 0 N–H and O–H groups in total. The first-order chi connectivity index (χ1) is 5.20. The largest absolute Gasteiger partial charge is 0.298 e. The van der Waals surface area contributed by atoms with Crippen molar-refractivity contribution in [3.63, 3.8) is 0 Å². The number of hydrogen-bond acceptors (Lipinski definition) is 1. The van der Waals surface area contributed by atoms with Gasteiger partial charge in [0.2, 0.25) is 0 Å². The highest BCUT2D eigenvalue weighted by Gasteiger charge is 1.88. The Hall–Kier alpha value is -0.850. The Morgan fingerprint density at radius 1 is 1.45 bits per heavy atom. The minimum atomic E-state index is 0.663. The molecule has 0 rings (SSSR count). The topological polar surface area (TPSA) is 17.1 Å². The van der Waals surface area contributed by atoms with Crippen molar-refractivity contribution < 1.29 is 4.79 Å². The van der Waals surface area contributed by atoms with Crippen molar-refractivity contribution in [2.45, 2.75) is 27.2 Å². The molecule has 0 saturated heterocycles. The van der Waals surface area contributed by atoms with Crippen molar-refractivity contribution in [1.82, 2.24) is 0 Å². The summed E-state index contributed by atoms with van der Waals surface area (Å²) in [5.41, 5.74) is 0.755. The highest BCUT2D eigenvalue weighted by molar-refractivity contribution is 5.77. The lowest BCUT2D eigenvalue weighted by Gasteiger charge is -1.95. The Morgan fingerprint density at radius 3 is 2.45 bits per heavy atom. The summed E-state index contributed by atoms with van der Waals surface area (Å²) in [7, 11) is 0. The maximum absolute atomic E-state index is 10.3. The molecule has 1 nitrogen and oxygen atoms in total. The summed E-state index contributed by atoms with van der Waals surface area (Å²) in [4.78, 5) is 10.3. The summed E-state index contributed by atoms with van der Waals surface area (Å²) in [6.45, 7) is 6.17.